The van der Waals surface area contributed by atoms with Crippen LogP contribution in [0.4, 0.5) is 39.3 Å². The van der Waals surface area contributed by atoms with Gasteiger partial charge in [0, 0.05) is 69.6 Å². The van der Waals surface area contributed by atoms with Crippen molar-refractivity contribution in [1.29, 1.82) is 0 Å². The Morgan fingerprint density at radius 2 is 0.959 bits per heavy atom. The molecule has 0 unspecified atom stereocenters. The van der Waals surface area contributed by atoms with E-state index >= 15 is 8.78 Å². The van der Waals surface area contributed by atoms with Gasteiger partial charge in [0.25, 0.3) is 11.1 Å². The number of benzene rings is 4. The van der Waals surface area contributed by atoms with E-state index in [1.54, 1.807) is 103 Å². The van der Waals surface area contributed by atoms with E-state index < -0.39 is 179 Å². The number of nitrogens with zero attached hydrogens (tertiary/aromatic N) is 5. The number of anilines is 2. The van der Waals surface area contributed by atoms with Crippen LogP contribution in [0.1, 0.15) is 165 Å². The lowest BCUT2D eigenvalue weighted by Gasteiger charge is -2.31. The molecule has 2 aliphatic carbocycles. The second-order valence-corrected chi connectivity index (χ2v) is 33.2. The van der Waals surface area contributed by atoms with Gasteiger partial charge in [0.2, 0.25) is 34.5 Å². The molecule has 6 aliphatic rings. The molecule has 0 spiro atoms. The first-order valence-electron chi connectivity index (χ1n) is 40.1. The number of pyridine rings is 4. The molecule has 38 heteroatoms. The summed E-state index contributed by atoms with van der Waals surface area (Å²) in [5, 5.41) is 45.2. The van der Waals surface area contributed by atoms with Crippen LogP contribution in [0, 0.1) is 37.3 Å². The normalized spacial score (nSPS) is 18.4. The molecule has 0 bridgehead atoms. The van der Waals surface area contributed by atoms with Crippen molar-refractivity contribution in [2.45, 2.75) is 188 Å². The molecule has 0 fully saturated rings. The predicted octanol–water partition coefficient (Wildman–Crippen LogP) is 6.72. The lowest BCUT2D eigenvalue weighted by molar-refractivity contribution is -0.172. The number of carbonyl (C=O) groups excluding carboxylic acids is 10. The van der Waals surface area contributed by atoms with Crippen molar-refractivity contribution in [3.05, 3.63) is 183 Å². The number of aliphatic hydroxyl groups is 2. The Labute approximate surface area is 702 Å². The Kier molecular flexibility index (Phi) is 24.4. The van der Waals surface area contributed by atoms with E-state index in [9.17, 15) is 76.2 Å². The molecule has 0 saturated carbocycles. The number of ether oxygens (including phenoxy) is 6. The standard InChI is InChI=1S/C85H91F2N13O22S/c1-11-85(114)55-29-63-71-51(33-100(63)77(106)53(55)37-120-79(85)108)67-59(23-21-49-41(7)57(87)31-61(93-71)65(49)67)95-81(110)122-35-45-14-18-47(19-15-45)91-73(102)43(9)89-75(104)69(39(4)5)97-83(112)118-27-25-98(123(115)116)24-26-117-82(111)96-68(38(2)3)74(103)88-42(8)72(101)90-46-16-12-44(13-17-46)34-121-80(109)94-58-22-20-48-40(6)56(86)30-60-64(48)66(58)50-32-99-62(70(50)92-60)28-54-52(76(99)105)36-119-78(107)84(54,10)113/h12-19,28-31,38-39,42-43,58-59,68-69,113-114,123H,11,20-27,32-37H2,1-10H3,(H,88,103)(H,89,104)(H,90,101)(H,91,102)(H,94,109)(H,95,110)(H,96,111)(H,97,112)/t42-,43-,58-,59-,68-,69-,84-,85-/m0/s1. The van der Waals surface area contributed by atoms with Gasteiger partial charge in [-0.2, -0.15) is 4.31 Å². The number of halogens is 2. The number of aryl methyl sites for hydroxylation is 2. The van der Waals surface area contributed by atoms with E-state index in [1.165, 1.54) is 48.1 Å². The van der Waals surface area contributed by atoms with Gasteiger partial charge in [-0.25, -0.2) is 55.9 Å². The van der Waals surface area contributed by atoms with E-state index in [4.69, 9.17) is 38.4 Å². The molecule has 4 aromatic heterocycles. The third-order valence-electron chi connectivity index (χ3n) is 23.5. The number of esters is 2. The van der Waals surface area contributed by atoms with E-state index in [0.29, 0.717) is 137 Å². The third-order valence-corrected chi connectivity index (χ3v) is 24.4. The summed E-state index contributed by atoms with van der Waals surface area (Å²) in [6.07, 6.45) is -2.38. The van der Waals surface area contributed by atoms with E-state index in [2.05, 4.69) is 42.5 Å². The van der Waals surface area contributed by atoms with Crippen molar-refractivity contribution in [1.82, 2.24) is 55.3 Å². The summed E-state index contributed by atoms with van der Waals surface area (Å²) in [5.41, 5.74) is 3.61. The number of hydrogen-bond donors (Lipinski definition) is 11. The monoisotopic (exact) mass is 1720 g/mol. The zero-order chi connectivity index (χ0) is 88.3. The molecule has 8 heterocycles. The van der Waals surface area contributed by atoms with Gasteiger partial charge in [-0.1, -0.05) is 58.9 Å². The van der Waals surface area contributed by atoms with Crippen molar-refractivity contribution >= 4 is 104 Å². The molecule has 10 N–H and O–H groups in total. The van der Waals surface area contributed by atoms with Crippen LogP contribution >= 0.6 is 0 Å². The fourth-order valence-corrected chi connectivity index (χ4v) is 17.1. The fraction of sp³-hybridized carbons (Fsp3) is 0.412. The van der Waals surface area contributed by atoms with Crippen LogP contribution < -0.4 is 53.7 Å². The molecule has 8 atom stereocenters. The van der Waals surface area contributed by atoms with Gasteiger partial charge >= 0.3 is 36.3 Å². The highest BCUT2D eigenvalue weighted by Crippen LogP contribution is 2.49. The van der Waals surface area contributed by atoms with Gasteiger partial charge in [-0.3, -0.25) is 28.8 Å². The Bertz CT molecular complexity index is 5960. The zero-order valence-electron chi connectivity index (χ0n) is 68.7. The summed E-state index contributed by atoms with van der Waals surface area (Å²) >= 11 is 0. The van der Waals surface area contributed by atoms with Crippen LogP contribution in [0.3, 0.4) is 0 Å². The second-order valence-electron chi connectivity index (χ2n) is 32.1. The average Bonchev–Trinajstić information content (AvgIpc) is 1.58. The van der Waals surface area contributed by atoms with E-state index in [0.717, 1.165) is 4.31 Å². The highest BCUT2D eigenvalue weighted by molar-refractivity contribution is 7.69. The number of amides is 8. The zero-order valence-corrected chi connectivity index (χ0v) is 69.5. The molecule has 123 heavy (non-hydrogen) atoms. The van der Waals surface area contributed by atoms with Crippen LogP contribution in [0.25, 0.3) is 44.6 Å². The maximum atomic E-state index is 15.5. The summed E-state index contributed by atoms with van der Waals surface area (Å²) in [4.78, 5) is 170. The number of hydrogen-bond acceptors (Lipinski definition) is 24. The first kappa shape index (κ1) is 86.6. The van der Waals surface area contributed by atoms with Crippen molar-refractivity contribution in [3.63, 3.8) is 0 Å². The van der Waals surface area contributed by atoms with Crippen LogP contribution in [-0.2, 0) is 132 Å². The molecule has 4 aliphatic heterocycles. The Morgan fingerprint density at radius 1 is 0.553 bits per heavy atom. The molecule has 4 aromatic carbocycles. The Hall–Kier alpha value is -12.8. The SMILES string of the molecule is CC[C@@]1(O)C(=O)OCc2c1cc1n(c2=O)Cc2c-1nc1cc(F)c(C)c3c1c2[C@@H](NC(=O)OCc1ccc(NC(=O)[C@H](C)NC(=O)[C@@H](NC(=O)OCCN(CCOC(=O)N[C@H](C(=O)N[C@@H](C)C(=O)Nc2ccc(COC(=O)N[C@H]4CCc5c(C)c(F)cc6nc7c(c4c56)Cn4c-7cc5c(c4=O)COC(=O)[C@@]5(C)O)cc2)C(C)C)[SH](=O)=O)C(C)C)cc1)CC3. The summed E-state index contributed by atoms with van der Waals surface area (Å²) in [6.45, 7) is 12.6. The highest BCUT2D eigenvalue weighted by Gasteiger charge is 2.48. The summed E-state index contributed by atoms with van der Waals surface area (Å²) in [7, 11) is -3.32. The van der Waals surface area contributed by atoms with Crippen LogP contribution in [-0.4, -0.2) is 152 Å². The molecular formula is C85H91F2N13O22S. The second kappa shape index (κ2) is 34.6. The van der Waals surface area contributed by atoms with Crippen LogP contribution in [0.5, 0.6) is 0 Å². The van der Waals surface area contributed by atoms with Crippen molar-refractivity contribution in [2.24, 2.45) is 11.8 Å². The first-order chi connectivity index (χ1) is 58.4. The van der Waals surface area contributed by atoms with Crippen molar-refractivity contribution < 1.29 is 104 Å². The summed E-state index contributed by atoms with van der Waals surface area (Å²) in [6, 6.07) is 12.2. The number of fused-ring (bicyclic) bond motifs is 10. The lowest BCUT2D eigenvalue weighted by atomic mass is 9.81. The molecule has 8 aromatic rings. The van der Waals surface area contributed by atoms with Gasteiger partial charge in [0.1, 0.15) is 75.4 Å². The lowest BCUT2D eigenvalue weighted by Crippen LogP contribution is -2.54. The minimum absolute atomic E-state index is 0.0336. The number of thiol groups is 1. The number of alkyl carbamates (subject to hydrolysis) is 4. The smallest absolute Gasteiger partial charge is 0.407 e. The summed E-state index contributed by atoms with van der Waals surface area (Å²) < 4.78 is 91.4. The number of carbonyl (C=O) groups is 10. The van der Waals surface area contributed by atoms with E-state index in [-0.39, 0.29) is 68.2 Å². The average molecular weight is 1720 g/mol. The van der Waals surface area contributed by atoms with Crippen LogP contribution in [0.15, 0.2) is 82.4 Å². The Balaban J connectivity index is 0.493. The number of rotatable bonds is 26. The minimum Gasteiger partial charge on any atom is -0.458 e. The molecule has 14 rings (SSSR count). The van der Waals surface area contributed by atoms with Crippen LogP contribution in [0.2, 0.25) is 0 Å². The molecular weight excluding hydrogens is 1630 g/mol. The van der Waals surface area contributed by atoms with Gasteiger partial charge in [-0.15, -0.1) is 0 Å². The quantitative estimate of drug-likeness (QED) is 0.0152. The molecule has 35 nitrogen and oxygen atoms in total. The van der Waals surface area contributed by atoms with E-state index in [1.807, 2.05) is 0 Å². The number of nitrogens with one attached hydrogen (secondary N) is 8. The van der Waals surface area contributed by atoms with Crippen molar-refractivity contribution in [2.75, 3.05) is 36.9 Å². The van der Waals surface area contributed by atoms with Gasteiger partial charge in [0.15, 0.2) is 11.2 Å². The molecule has 648 valence electrons. The molecule has 0 radical (unpaired) electrons. The topological polar surface area (TPSA) is 470 Å². The van der Waals surface area contributed by atoms with Gasteiger partial charge in [0.05, 0.1) is 70.1 Å². The van der Waals surface area contributed by atoms with Crippen molar-refractivity contribution in [3.8, 4) is 22.8 Å². The molecule has 0 saturated heterocycles. The molecule has 8 amide bonds. The fourth-order valence-electron chi connectivity index (χ4n) is 16.6. The largest absolute Gasteiger partial charge is 0.458 e. The van der Waals surface area contributed by atoms with Gasteiger partial charge < -0.3 is 90.3 Å². The maximum absolute atomic E-state index is 15.5. The van der Waals surface area contributed by atoms with Gasteiger partial charge in [-0.05, 0) is 159 Å². The maximum Gasteiger partial charge on any atom is 0.407 e. The number of cyclic esters (lactones) is 2. The first-order valence-corrected chi connectivity index (χ1v) is 41.2. The predicted molar refractivity (Wildman–Crippen MR) is 436 cm³/mol. The number of aromatic nitrogens is 4. The third kappa shape index (κ3) is 16.9. The summed E-state index contributed by atoms with van der Waals surface area (Å²) in [5.74, 6) is -6.63. The highest BCUT2D eigenvalue weighted by atomic mass is 32.2. The Morgan fingerprint density at radius 3 is 1.37 bits per heavy atom. The minimum atomic E-state index is -3.32.